The van der Waals surface area contributed by atoms with Crippen LogP contribution in [0.1, 0.15) is 40.5 Å². The fourth-order valence-electron chi connectivity index (χ4n) is 2.20. The van der Waals surface area contributed by atoms with Crippen molar-refractivity contribution in [3.8, 4) is 0 Å². The zero-order valence-electron chi connectivity index (χ0n) is 13.1. The predicted octanol–water partition coefficient (Wildman–Crippen LogP) is 0.994. The van der Waals surface area contributed by atoms with E-state index in [0.29, 0.717) is 0 Å². The van der Waals surface area contributed by atoms with Crippen molar-refractivity contribution in [2.24, 2.45) is 5.92 Å². The monoisotopic (exact) mass is 271 g/mol. The summed E-state index contributed by atoms with van der Waals surface area (Å²) in [6.07, 6.45) is 1.86. The number of hydrogen-bond acceptors (Lipinski definition) is 3. The molecule has 0 aliphatic carbocycles. The highest BCUT2D eigenvalue weighted by Crippen LogP contribution is 2.06. The second-order valence-electron chi connectivity index (χ2n) is 5.20. The predicted molar refractivity (Wildman–Crippen MR) is 77.8 cm³/mol. The number of likely N-dealkylation sites (N-methyl/N-ethyl adjacent to an activating group) is 2. The summed E-state index contributed by atoms with van der Waals surface area (Å²) in [4.78, 5) is 25.6. The normalized spacial score (nSPS) is 12.6. The molecule has 0 aromatic carbocycles. The zero-order chi connectivity index (χ0) is 15.0. The van der Waals surface area contributed by atoms with Crippen LogP contribution in [-0.2, 0) is 9.59 Å². The molecule has 0 aromatic rings. The number of amides is 2. The van der Waals surface area contributed by atoms with Gasteiger partial charge in [0.25, 0.3) is 0 Å². The van der Waals surface area contributed by atoms with Gasteiger partial charge in [-0.2, -0.15) is 0 Å². The van der Waals surface area contributed by atoms with Crippen molar-refractivity contribution in [1.82, 2.24) is 15.5 Å². The van der Waals surface area contributed by atoms with Crippen LogP contribution in [0.4, 0.5) is 0 Å². The Balaban J connectivity index is 4.32. The Labute approximate surface area is 117 Å². The first-order valence-corrected chi connectivity index (χ1v) is 7.09. The number of carbonyl (C=O) groups excluding carboxylic acids is 2. The van der Waals surface area contributed by atoms with E-state index in [2.05, 4.69) is 24.5 Å². The molecule has 2 amide bonds. The van der Waals surface area contributed by atoms with Crippen LogP contribution in [0.2, 0.25) is 0 Å². The van der Waals surface area contributed by atoms with E-state index in [9.17, 15) is 9.59 Å². The van der Waals surface area contributed by atoms with Crippen LogP contribution in [-0.4, -0.2) is 49.4 Å². The Morgan fingerprint density at radius 3 is 2.05 bits per heavy atom. The van der Waals surface area contributed by atoms with Gasteiger partial charge in [-0.3, -0.25) is 9.59 Å². The topological polar surface area (TPSA) is 61.4 Å². The number of nitrogens with zero attached hydrogens (tertiary/aromatic N) is 1. The summed E-state index contributed by atoms with van der Waals surface area (Å²) in [7, 11) is 3.55. The van der Waals surface area contributed by atoms with Gasteiger partial charge in [0.1, 0.15) is 0 Å². The first-order chi connectivity index (χ1) is 8.88. The number of nitrogens with one attached hydrogen (secondary N) is 2. The van der Waals surface area contributed by atoms with Gasteiger partial charge in [-0.1, -0.05) is 27.7 Å². The molecule has 0 heterocycles. The summed E-state index contributed by atoms with van der Waals surface area (Å²) in [5.41, 5.74) is 0. The van der Waals surface area contributed by atoms with Gasteiger partial charge >= 0.3 is 0 Å². The highest BCUT2D eigenvalue weighted by molar-refractivity contribution is 5.87. The van der Waals surface area contributed by atoms with E-state index in [-0.39, 0.29) is 36.4 Å². The van der Waals surface area contributed by atoms with E-state index in [1.807, 2.05) is 13.8 Å². The van der Waals surface area contributed by atoms with Gasteiger partial charge in [-0.25, -0.2) is 0 Å². The lowest BCUT2D eigenvalue weighted by atomic mass is 10.0. The minimum absolute atomic E-state index is 0.0411. The Morgan fingerprint density at radius 1 is 1.16 bits per heavy atom. The van der Waals surface area contributed by atoms with Crippen molar-refractivity contribution in [3.63, 3.8) is 0 Å². The van der Waals surface area contributed by atoms with Gasteiger partial charge < -0.3 is 15.5 Å². The van der Waals surface area contributed by atoms with Crippen LogP contribution < -0.4 is 10.6 Å². The molecule has 0 aliphatic rings. The molecule has 0 radical (unpaired) electrons. The van der Waals surface area contributed by atoms with Crippen LogP contribution in [0.5, 0.6) is 0 Å². The molecule has 2 N–H and O–H groups in total. The molecule has 0 rings (SSSR count). The number of rotatable bonds is 8. The van der Waals surface area contributed by atoms with Crippen LogP contribution in [0.15, 0.2) is 0 Å². The highest BCUT2D eigenvalue weighted by Gasteiger charge is 2.22. The third-order valence-corrected chi connectivity index (χ3v) is 3.56. The molecule has 0 unspecified atom stereocenters. The first-order valence-electron chi connectivity index (χ1n) is 7.09. The Bertz CT molecular complexity index is 288. The second-order valence-corrected chi connectivity index (χ2v) is 5.20. The van der Waals surface area contributed by atoms with Gasteiger partial charge in [-0.15, -0.1) is 0 Å². The lowest BCUT2D eigenvalue weighted by Crippen LogP contribution is -2.49. The van der Waals surface area contributed by atoms with Crippen LogP contribution >= 0.6 is 0 Å². The summed E-state index contributed by atoms with van der Waals surface area (Å²) in [5, 5.41) is 5.67. The molecule has 19 heavy (non-hydrogen) atoms. The Hall–Kier alpha value is -1.10. The minimum Gasteiger partial charge on any atom is -0.346 e. The van der Waals surface area contributed by atoms with Crippen LogP contribution in [0.25, 0.3) is 0 Å². The highest BCUT2D eigenvalue weighted by atomic mass is 16.2. The van der Waals surface area contributed by atoms with Crippen molar-refractivity contribution >= 4 is 11.8 Å². The molecule has 112 valence electrons. The van der Waals surface area contributed by atoms with Gasteiger partial charge in [0.2, 0.25) is 11.8 Å². The van der Waals surface area contributed by atoms with Gasteiger partial charge in [0, 0.05) is 13.1 Å². The van der Waals surface area contributed by atoms with Crippen molar-refractivity contribution in [2.45, 2.75) is 52.6 Å². The zero-order valence-corrected chi connectivity index (χ0v) is 13.1. The largest absolute Gasteiger partial charge is 0.346 e. The van der Waals surface area contributed by atoms with Crippen molar-refractivity contribution in [1.29, 1.82) is 0 Å². The van der Waals surface area contributed by atoms with Gasteiger partial charge in [0.15, 0.2) is 0 Å². The molecule has 0 saturated heterocycles. The van der Waals surface area contributed by atoms with E-state index in [4.69, 9.17) is 0 Å². The lowest BCUT2D eigenvalue weighted by Gasteiger charge is -2.27. The third kappa shape index (κ3) is 5.59. The molecular formula is C14H29N3O2. The quantitative estimate of drug-likeness (QED) is 0.692. The minimum atomic E-state index is -0.258. The third-order valence-electron chi connectivity index (χ3n) is 3.56. The molecule has 5 nitrogen and oxygen atoms in total. The van der Waals surface area contributed by atoms with E-state index < -0.39 is 0 Å². The maximum Gasteiger partial charge on any atom is 0.241 e. The summed E-state index contributed by atoms with van der Waals surface area (Å²) in [6, 6.07) is -0.0131. The van der Waals surface area contributed by atoms with Gasteiger partial charge in [0.05, 0.1) is 12.6 Å². The van der Waals surface area contributed by atoms with Crippen molar-refractivity contribution < 1.29 is 9.59 Å². The molecule has 0 aromatic heterocycles. The maximum absolute atomic E-state index is 12.0. The molecule has 0 bridgehead atoms. The van der Waals surface area contributed by atoms with E-state index in [1.54, 1.807) is 19.0 Å². The van der Waals surface area contributed by atoms with Crippen molar-refractivity contribution in [3.05, 3.63) is 0 Å². The lowest BCUT2D eigenvalue weighted by molar-refractivity contribution is -0.134. The summed E-state index contributed by atoms with van der Waals surface area (Å²) < 4.78 is 0. The van der Waals surface area contributed by atoms with Crippen LogP contribution in [0, 0.1) is 5.92 Å². The molecule has 0 aliphatic heterocycles. The van der Waals surface area contributed by atoms with Crippen molar-refractivity contribution in [2.75, 3.05) is 20.6 Å². The standard InChI is InChI=1S/C14H29N3O2/c1-7-11(8-2)17(6)12(18)9-16-14(19)13(15-5)10(3)4/h10-11,13,15H,7-9H2,1-6H3,(H,16,19)/t13-/m0/s1. The second kappa shape index (κ2) is 8.91. The smallest absolute Gasteiger partial charge is 0.241 e. The number of carbonyl (C=O) groups is 2. The SMILES string of the molecule is CCC(CC)N(C)C(=O)CNC(=O)[C@@H](NC)C(C)C. The fourth-order valence-corrected chi connectivity index (χ4v) is 2.20. The maximum atomic E-state index is 12.0. The fraction of sp³-hybridized carbons (Fsp3) is 0.857. The molecule has 0 saturated carbocycles. The number of hydrogen-bond donors (Lipinski definition) is 2. The molecule has 1 atom stereocenters. The van der Waals surface area contributed by atoms with E-state index in [0.717, 1.165) is 12.8 Å². The molecule has 0 spiro atoms. The van der Waals surface area contributed by atoms with E-state index in [1.165, 1.54) is 0 Å². The van der Waals surface area contributed by atoms with E-state index >= 15 is 0 Å². The van der Waals surface area contributed by atoms with Gasteiger partial charge in [-0.05, 0) is 25.8 Å². The Kier molecular flexibility index (Phi) is 8.39. The average molecular weight is 271 g/mol. The molecule has 0 fully saturated rings. The van der Waals surface area contributed by atoms with Crippen LogP contribution in [0.3, 0.4) is 0 Å². The molecule has 5 heteroatoms. The Morgan fingerprint density at radius 2 is 1.68 bits per heavy atom. The summed E-state index contributed by atoms with van der Waals surface area (Å²) in [5.74, 6) is 0.0290. The summed E-state index contributed by atoms with van der Waals surface area (Å²) in [6.45, 7) is 8.13. The average Bonchev–Trinajstić information content (AvgIpc) is 2.37. The first kappa shape index (κ1) is 17.9. The molecular weight excluding hydrogens is 242 g/mol. The summed E-state index contributed by atoms with van der Waals surface area (Å²) >= 11 is 0.